The van der Waals surface area contributed by atoms with Gasteiger partial charge < -0.3 is 25.0 Å². The van der Waals surface area contributed by atoms with E-state index in [9.17, 15) is 4.79 Å². The van der Waals surface area contributed by atoms with Crippen LogP contribution in [0.4, 0.5) is 5.95 Å². The second kappa shape index (κ2) is 10.2. The minimum Gasteiger partial charge on any atom is -0.497 e. The fourth-order valence-electron chi connectivity index (χ4n) is 2.06. The molecule has 1 heterocycles. The average molecular weight is 359 g/mol. The van der Waals surface area contributed by atoms with Gasteiger partial charge in [-0.2, -0.15) is 0 Å². The van der Waals surface area contributed by atoms with Crippen molar-refractivity contribution < 1.29 is 14.3 Å². The van der Waals surface area contributed by atoms with Crippen LogP contribution in [0.3, 0.4) is 0 Å². The van der Waals surface area contributed by atoms with Gasteiger partial charge in [-0.05, 0) is 44.4 Å². The molecule has 0 aliphatic carbocycles. The maximum atomic E-state index is 12.1. The number of hydrogen-bond acceptors (Lipinski definition) is 7. The van der Waals surface area contributed by atoms with Gasteiger partial charge in [0.15, 0.2) is 0 Å². The molecule has 0 atom stereocenters. The number of rotatable bonds is 10. The number of hydrogen-bond donors (Lipinski definition) is 2. The molecule has 0 saturated carbocycles. The lowest BCUT2D eigenvalue weighted by molar-refractivity contribution is 0.0946. The second-order valence-electron chi connectivity index (χ2n) is 5.78. The number of benzene rings is 1. The number of carbonyl (C=O) groups is 1. The van der Waals surface area contributed by atoms with E-state index in [4.69, 9.17) is 9.47 Å². The van der Waals surface area contributed by atoms with Crippen LogP contribution < -0.4 is 20.1 Å². The van der Waals surface area contributed by atoms with E-state index in [0.29, 0.717) is 31.3 Å². The molecule has 1 amide bonds. The van der Waals surface area contributed by atoms with Gasteiger partial charge in [0.25, 0.3) is 5.91 Å². The van der Waals surface area contributed by atoms with Gasteiger partial charge >= 0.3 is 0 Å². The molecule has 0 bridgehead atoms. The summed E-state index contributed by atoms with van der Waals surface area (Å²) in [6, 6.07) is 8.95. The predicted molar refractivity (Wildman–Crippen MR) is 99.9 cm³/mol. The number of nitrogens with zero attached hydrogens (tertiary/aromatic N) is 3. The highest BCUT2D eigenvalue weighted by Crippen LogP contribution is 2.16. The maximum absolute atomic E-state index is 12.1. The monoisotopic (exact) mass is 359 g/mol. The standard InChI is InChI=1S/C18H25N5O3/c1-23(2)12-10-19-17(24)16-8-9-20-18(22-16)21-11-13-26-15-6-4-14(25-3)5-7-15/h4-9H,10-13H2,1-3H3,(H,19,24)(H,20,21,22). The third-order valence-corrected chi connectivity index (χ3v) is 3.45. The Morgan fingerprint density at radius 3 is 2.54 bits per heavy atom. The zero-order chi connectivity index (χ0) is 18.8. The minimum atomic E-state index is -0.216. The van der Waals surface area contributed by atoms with Gasteiger partial charge in [-0.15, -0.1) is 0 Å². The molecule has 1 aromatic heterocycles. The maximum Gasteiger partial charge on any atom is 0.270 e. The van der Waals surface area contributed by atoms with E-state index < -0.39 is 0 Å². The predicted octanol–water partition coefficient (Wildman–Crippen LogP) is 1.27. The highest BCUT2D eigenvalue weighted by atomic mass is 16.5. The molecule has 26 heavy (non-hydrogen) atoms. The van der Waals surface area contributed by atoms with Gasteiger partial charge in [0.1, 0.15) is 23.8 Å². The first kappa shape index (κ1) is 19.5. The van der Waals surface area contributed by atoms with E-state index in [0.717, 1.165) is 18.0 Å². The number of carbonyl (C=O) groups excluding carboxylic acids is 1. The molecule has 0 spiro atoms. The molecule has 140 valence electrons. The summed E-state index contributed by atoms with van der Waals surface area (Å²) in [6.07, 6.45) is 1.56. The number of likely N-dealkylation sites (N-methyl/N-ethyl adjacent to an activating group) is 1. The number of methoxy groups -OCH3 is 1. The molecular weight excluding hydrogens is 334 g/mol. The lowest BCUT2D eigenvalue weighted by atomic mass is 10.3. The first-order valence-electron chi connectivity index (χ1n) is 8.35. The first-order valence-corrected chi connectivity index (χ1v) is 8.35. The smallest absolute Gasteiger partial charge is 0.270 e. The van der Waals surface area contributed by atoms with Crippen LogP contribution in [0.1, 0.15) is 10.5 Å². The summed E-state index contributed by atoms with van der Waals surface area (Å²) in [7, 11) is 5.52. The molecule has 1 aromatic carbocycles. The number of nitrogens with one attached hydrogen (secondary N) is 2. The Hall–Kier alpha value is -2.87. The molecule has 0 fully saturated rings. The van der Waals surface area contributed by atoms with Crippen molar-refractivity contribution in [3.63, 3.8) is 0 Å². The van der Waals surface area contributed by atoms with Crippen LogP contribution in [-0.2, 0) is 0 Å². The molecule has 0 aliphatic rings. The molecule has 8 heteroatoms. The fourth-order valence-corrected chi connectivity index (χ4v) is 2.06. The van der Waals surface area contributed by atoms with Crippen LogP contribution >= 0.6 is 0 Å². The van der Waals surface area contributed by atoms with E-state index in [1.165, 1.54) is 0 Å². The summed E-state index contributed by atoms with van der Waals surface area (Å²) in [5.74, 6) is 1.71. The number of aromatic nitrogens is 2. The lowest BCUT2D eigenvalue weighted by Crippen LogP contribution is -2.32. The normalized spacial score (nSPS) is 10.5. The summed E-state index contributed by atoms with van der Waals surface area (Å²) in [6.45, 7) is 2.28. The molecule has 2 N–H and O–H groups in total. The van der Waals surface area contributed by atoms with Crippen molar-refractivity contribution in [1.29, 1.82) is 0 Å². The molecule has 0 aliphatic heterocycles. The largest absolute Gasteiger partial charge is 0.497 e. The van der Waals surface area contributed by atoms with Crippen LogP contribution in [0, 0.1) is 0 Å². The zero-order valence-electron chi connectivity index (χ0n) is 15.4. The Balaban J connectivity index is 1.76. The summed E-state index contributed by atoms with van der Waals surface area (Å²) >= 11 is 0. The van der Waals surface area contributed by atoms with E-state index in [1.807, 2.05) is 43.3 Å². The van der Waals surface area contributed by atoms with Gasteiger partial charge in [0.2, 0.25) is 5.95 Å². The minimum absolute atomic E-state index is 0.216. The molecule has 0 saturated heterocycles. The van der Waals surface area contributed by atoms with Crippen molar-refractivity contribution in [1.82, 2.24) is 20.2 Å². The van der Waals surface area contributed by atoms with Crippen molar-refractivity contribution in [2.24, 2.45) is 0 Å². The zero-order valence-corrected chi connectivity index (χ0v) is 15.4. The highest BCUT2D eigenvalue weighted by molar-refractivity contribution is 5.92. The topological polar surface area (TPSA) is 88.6 Å². The van der Waals surface area contributed by atoms with E-state index in [1.54, 1.807) is 19.4 Å². The molecular formula is C18H25N5O3. The van der Waals surface area contributed by atoms with Crippen LogP contribution in [-0.4, -0.2) is 68.2 Å². The van der Waals surface area contributed by atoms with Gasteiger partial charge in [-0.25, -0.2) is 9.97 Å². The number of anilines is 1. The Morgan fingerprint density at radius 2 is 1.85 bits per heavy atom. The SMILES string of the molecule is COc1ccc(OCCNc2nccc(C(=O)NCCN(C)C)n2)cc1. The second-order valence-corrected chi connectivity index (χ2v) is 5.78. The molecule has 0 unspecified atom stereocenters. The third-order valence-electron chi connectivity index (χ3n) is 3.45. The molecule has 2 aromatic rings. The quantitative estimate of drug-likeness (QED) is 0.618. The van der Waals surface area contributed by atoms with Gasteiger partial charge in [-0.1, -0.05) is 0 Å². The number of amides is 1. The van der Waals surface area contributed by atoms with Crippen LogP contribution in [0.2, 0.25) is 0 Å². The number of ether oxygens (including phenoxy) is 2. The van der Waals surface area contributed by atoms with Crippen molar-refractivity contribution in [2.75, 3.05) is 52.8 Å². The molecule has 8 nitrogen and oxygen atoms in total. The highest BCUT2D eigenvalue weighted by Gasteiger charge is 2.08. The lowest BCUT2D eigenvalue weighted by Gasteiger charge is -2.11. The molecule has 0 radical (unpaired) electrons. The van der Waals surface area contributed by atoms with Gasteiger partial charge in [0.05, 0.1) is 13.7 Å². The average Bonchev–Trinajstić information content (AvgIpc) is 2.65. The molecule has 2 rings (SSSR count). The Labute approximate surface area is 153 Å². The summed E-state index contributed by atoms with van der Waals surface area (Å²) in [5, 5.41) is 5.87. The van der Waals surface area contributed by atoms with E-state index in [-0.39, 0.29) is 5.91 Å². The van der Waals surface area contributed by atoms with Crippen molar-refractivity contribution in [3.05, 3.63) is 42.2 Å². The van der Waals surface area contributed by atoms with Crippen LogP contribution in [0.25, 0.3) is 0 Å². The third kappa shape index (κ3) is 6.56. The Bertz CT molecular complexity index is 691. The van der Waals surface area contributed by atoms with Crippen molar-refractivity contribution >= 4 is 11.9 Å². The van der Waals surface area contributed by atoms with Crippen molar-refractivity contribution in [3.8, 4) is 11.5 Å². The van der Waals surface area contributed by atoms with Crippen LogP contribution in [0.15, 0.2) is 36.5 Å². The summed E-state index contributed by atoms with van der Waals surface area (Å²) in [4.78, 5) is 22.4. The van der Waals surface area contributed by atoms with Gasteiger partial charge in [0, 0.05) is 19.3 Å². The Kier molecular flexibility index (Phi) is 7.63. The summed E-state index contributed by atoms with van der Waals surface area (Å²) < 4.78 is 10.7. The fraction of sp³-hybridized carbons (Fsp3) is 0.389. The Morgan fingerprint density at radius 1 is 1.12 bits per heavy atom. The van der Waals surface area contributed by atoms with Gasteiger partial charge in [-0.3, -0.25) is 4.79 Å². The van der Waals surface area contributed by atoms with E-state index >= 15 is 0 Å². The summed E-state index contributed by atoms with van der Waals surface area (Å²) in [5.41, 5.74) is 0.331. The van der Waals surface area contributed by atoms with E-state index in [2.05, 4.69) is 20.6 Å². The van der Waals surface area contributed by atoms with Crippen LogP contribution in [0.5, 0.6) is 11.5 Å². The first-order chi connectivity index (χ1) is 12.6. The van der Waals surface area contributed by atoms with Crippen molar-refractivity contribution in [2.45, 2.75) is 0 Å².